The number of hydrogen-bond acceptors (Lipinski definition) is 4. The molecule has 2 atom stereocenters. The van der Waals surface area contributed by atoms with E-state index in [1.54, 1.807) is 22.5 Å². The van der Waals surface area contributed by atoms with E-state index < -0.39 is 10.0 Å². The van der Waals surface area contributed by atoms with Crippen molar-refractivity contribution in [3.05, 3.63) is 23.8 Å². The van der Waals surface area contributed by atoms with Crippen LogP contribution in [0.25, 0.3) is 0 Å². The molecule has 6 nitrogen and oxygen atoms in total. The number of benzene rings is 1. The Kier molecular flexibility index (Phi) is 3.51. The fourth-order valence-corrected chi connectivity index (χ4v) is 4.59. The van der Waals surface area contributed by atoms with Crippen molar-refractivity contribution in [1.29, 1.82) is 0 Å². The first-order valence-corrected chi connectivity index (χ1v) is 8.50. The van der Waals surface area contributed by atoms with E-state index in [9.17, 15) is 13.2 Å². The highest BCUT2D eigenvalue weighted by atomic mass is 32.2. The molecule has 114 valence electrons. The van der Waals surface area contributed by atoms with Gasteiger partial charge in [-0.25, -0.2) is 8.42 Å². The molecule has 0 bridgehead atoms. The van der Waals surface area contributed by atoms with Crippen molar-refractivity contribution in [3.8, 4) is 0 Å². The van der Waals surface area contributed by atoms with Crippen LogP contribution in [-0.4, -0.2) is 43.8 Å². The number of carbonyl (C=O) groups is 1. The quantitative estimate of drug-likeness (QED) is 0.836. The molecule has 2 aliphatic rings. The Labute approximate surface area is 124 Å². The second-order valence-corrected chi connectivity index (χ2v) is 7.67. The van der Waals surface area contributed by atoms with Gasteiger partial charge in [0.15, 0.2) is 0 Å². The molecule has 0 radical (unpaired) electrons. The summed E-state index contributed by atoms with van der Waals surface area (Å²) in [5.41, 5.74) is 1.46. The van der Waals surface area contributed by atoms with Gasteiger partial charge in [-0.3, -0.25) is 4.79 Å². The van der Waals surface area contributed by atoms with Crippen LogP contribution in [0.15, 0.2) is 23.1 Å². The Morgan fingerprint density at radius 1 is 1.29 bits per heavy atom. The lowest BCUT2D eigenvalue weighted by Gasteiger charge is -2.36. The van der Waals surface area contributed by atoms with Crippen LogP contribution in [0.2, 0.25) is 0 Å². The molecule has 0 aliphatic carbocycles. The van der Waals surface area contributed by atoms with Gasteiger partial charge in [0.1, 0.15) is 0 Å². The van der Waals surface area contributed by atoms with Gasteiger partial charge in [0, 0.05) is 30.9 Å². The second-order valence-electron chi connectivity index (χ2n) is 5.78. The summed E-state index contributed by atoms with van der Waals surface area (Å²) < 4.78 is 27.2. The average molecular weight is 309 g/mol. The predicted octanol–water partition coefficient (Wildman–Crippen LogP) is 0.552. The summed E-state index contributed by atoms with van der Waals surface area (Å²) in [6, 6.07) is 4.90. The van der Waals surface area contributed by atoms with Crippen LogP contribution in [0.5, 0.6) is 0 Å². The minimum atomic E-state index is -3.53. The van der Waals surface area contributed by atoms with Crippen LogP contribution in [0.3, 0.4) is 0 Å². The van der Waals surface area contributed by atoms with Gasteiger partial charge in [0.2, 0.25) is 15.9 Å². The fourth-order valence-electron chi connectivity index (χ4n) is 2.82. The highest BCUT2D eigenvalue weighted by Crippen LogP contribution is 2.28. The summed E-state index contributed by atoms with van der Waals surface area (Å²) in [7, 11) is -3.53. The van der Waals surface area contributed by atoms with Gasteiger partial charge in [-0.15, -0.1) is 0 Å². The molecule has 1 fully saturated rings. The fraction of sp³-hybridized carbons (Fsp3) is 0.500. The van der Waals surface area contributed by atoms with Crippen LogP contribution in [0.1, 0.15) is 19.4 Å². The molecule has 2 heterocycles. The summed E-state index contributed by atoms with van der Waals surface area (Å²) in [5, 5.41) is 5.99. The van der Waals surface area contributed by atoms with Crippen molar-refractivity contribution in [3.63, 3.8) is 0 Å². The van der Waals surface area contributed by atoms with Gasteiger partial charge in [-0.05, 0) is 37.6 Å². The Morgan fingerprint density at radius 2 is 2.05 bits per heavy atom. The number of fused-ring (bicyclic) bond motifs is 1. The molecule has 7 heteroatoms. The van der Waals surface area contributed by atoms with Gasteiger partial charge in [0.25, 0.3) is 0 Å². The standard InChI is InChI=1S/C14H19N3O3S/c1-9-8-17(10(2)7-15-9)21(19,20)12-3-4-13-11(5-12)6-14(18)16-13/h3-5,9-10,15H,6-8H2,1-2H3,(H,16,18). The highest BCUT2D eigenvalue weighted by Gasteiger charge is 2.34. The van der Waals surface area contributed by atoms with Crippen molar-refractivity contribution in [2.24, 2.45) is 0 Å². The first-order chi connectivity index (χ1) is 9.88. The highest BCUT2D eigenvalue weighted by molar-refractivity contribution is 7.89. The molecule has 0 saturated carbocycles. The van der Waals surface area contributed by atoms with E-state index in [2.05, 4.69) is 10.6 Å². The zero-order chi connectivity index (χ0) is 15.2. The van der Waals surface area contributed by atoms with E-state index in [1.165, 1.54) is 0 Å². The lowest BCUT2D eigenvalue weighted by Crippen LogP contribution is -2.56. The predicted molar refractivity (Wildman–Crippen MR) is 79.6 cm³/mol. The first-order valence-electron chi connectivity index (χ1n) is 7.06. The molecular formula is C14H19N3O3S. The van der Waals surface area contributed by atoms with Gasteiger partial charge >= 0.3 is 0 Å². The third-order valence-electron chi connectivity index (χ3n) is 4.02. The summed E-state index contributed by atoms with van der Waals surface area (Å²) in [4.78, 5) is 11.6. The van der Waals surface area contributed by atoms with Crippen LogP contribution >= 0.6 is 0 Å². The third-order valence-corrected chi connectivity index (χ3v) is 5.99. The van der Waals surface area contributed by atoms with E-state index in [-0.39, 0.29) is 29.3 Å². The topological polar surface area (TPSA) is 78.5 Å². The summed E-state index contributed by atoms with van der Waals surface area (Å²) in [5.74, 6) is -0.0938. The smallest absolute Gasteiger partial charge is 0.243 e. The molecule has 3 rings (SSSR count). The second kappa shape index (κ2) is 5.08. The Bertz CT molecular complexity index is 687. The molecule has 0 aromatic heterocycles. The number of rotatable bonds is 2. The summed E-state index contributed by atoms with van der Waals surface area (Å²) >= 11 is 0. The molecule has 2 N–H and O–H groups in total. The third kappa shape index (κ3) is 2.56. The Hall–Kier alpha value is -1.44. The van der Waals surface area contributed by atoms with Gasteiger partial charge in [-0.2, -0.15) is 4.31 Å². The number of carbonyl (C=O) groups excluding carboxylic acids is 1. The number of amides is 1. The number of hydrogen-bond donors (Lipinski definition) is 2. The van der Waals surface area contributed by atoms with Crippen LogP contribution in [0, 0.1) is 0 Å². The Balaban J connectivity index is 1.95. The first kappa shape index (κ1) is 14.5. The van der Waals surface area contributed by atoms with Crippen LogP contribution in [-0.2, 0) is 21.2 Å². The van der Waals surface area contributed by atoms with E-state index in [0.717, 1.165) is 5.56 Å². The SMILES string of the molecule is CC1CN(S(=O)(=O)c2ccc3c(c2)CC(=O)N3)C(C)CN1. The number of anilines is 1. The van der Waals surface area contributed by atoms with Crippen molar-refractivity contribution in [1.82, 2.24) is 9.62 Å². The normalized spacial score (nSPS) is 26.5. The number of nitrogens with one attached hydrogen (secondary N) is 2. The van der Waals surface area contributed by atoms with Gasteiger partial charge in [-0.1, -0.05) is 0 Å². The molecule has 1 aromatic rings. The largest absolute Gasteiger partial charge is 0.326 e. The zero-order valence-electron chi connectivity index (χ0n) is 12.1. The maximum atomic E-state index is 12.8. The molecule has 1 amide bonds. The number of nitrogens with zero attached hydrogens (tertiary/aromatic N) is 1. The maximum absolute atomic E-state index is 12.8. The monoisotopic (exact) mass is 309 g/mol. The molecule has 1 saturated heterocycles. The minimum Gasteiger partial charge on any atom is -0.326 e. The van der Waals surface area contributed by atoms with Crippen molar-refractivity contribution in [2.75, 3.05) is 18.4 Å². The lowest BCUT2D eigenvalue weighted by molar-refractivity contribution is -0.115. The zero-order valence-corrected chi connectivity index (χ0v) is 12.9. The van der Waals surface area contributed by atoms with Crippen LogP contribution < -0.4 is 10.6 Å². The summed E-state index contributed by atoms with van der Waals surface area (Å²) in [6.45, 7) is 4.97. The Morgan fingerprint density at radius 3 is 2.81 bits per heavy atom. The van der Waals surface area contributed by atoms with Gasteiger partial charge in [0.05, 0.1) is 11.3 Å². The molecular weight excluding hydrogens is 290 g/mol. The molecule has 21 heavy (non-hydrogen) atoms. The van der Waals surface area contributed by atoms with E-state index in [4.69, 9.17) is 0 Å². The minimum absolute atomic E-state index is 0.0841. The molecule has 1 aromatic carbocycles. The van der Waals surface area contributed by atoms with E-state index >= 15 is 0 Å². The van der Waals surface area contributed by atoms with Crippen molar-refractivity contribution >= 4 is 21.6 Å². The average Bonchev–Trinajstić information content (AvgIpc) is 2.80. The molecule has 2 unspecified atom stereocenters. The van der Waals surface area contributed by atoms with Crippen molar-refractivity contribution in [2.45, 2.75) is 37.2 Å². The van der Waals surface area contributed by atoms with E-state index in [0.29, 0.717) is 18.8 Å². The number of sulfonamides is 1. The van der Waals surface area contributed by atoms with Crippen LogP contribution in [0.4, 0.5) is 5.69 Å². The maximum Gasteiger partial charge on any atom is 0.243 e. The van der Waals surface area contributed by atoms with Crippen molar-refractivity contribution < 1.29 is 13.2 Å². The summed E-state index contributed by atoms with van der Waals surface area (Å²) in [6.07, 6.45) is 0.242. The lowest BCUT2D eigenvalue weighted by atomic mass is 10.2. The van der Waals surface area contributed by atoms with E-state index in [1.807, 2.05) is 13.8 Å². The van der Waals surface area contributed by atoms with Gasteiger partial charge < -0.3 is 10.6 Å². The number of piperazine rings is 1. The molecule has 2 aliphatic heterocycles. The molecule has 0 spiro atoms.